The van der Waals surface area contributed by atoms with Crippen molar-refractivity contribution in [1.82, 2.24) is 5.32 Å². The zero-order valence-corrected chi connectivity index (χ0v) is 11.8. The molecule has 0 aromatic heterocycles. The van der Waals surface area contributed by atoms with Crippen molar-refractivity contribution in [3.05, 3.63) is 29.8 Å². The molecular weight excluding hydrogens is 271 g/mol. The molecule has 0 fully saturated rings. The first-order valence-corrected chi connectivity index (χ1v) is 6.33. The standard InChI is InChI=1S/C14H20F3NO2/c1-10(18-8-13(2,3)9-19)11-4-6-12(7-5-11)20-14(15,16)17/h4-7,10,18-19H,8-9H2,1-3H3. The van der Waals surface area contributed by atoms with Crippen LogP contribution in [0.5, 0.6) is 5.75 Å². The van der Waals surface area contributed by atoms with Gasteiger partial charge < -0.3 is 15.2 Å². The lowest BCUT2D eigenvalue weighted by atomic mass is 9.94. The van der Waals surface area contributed by atoms with Crippen LogP contribution in [0.15, 0.2) is 24.3 Å². The molecule has 0 bridgehead atoms. The van der Waals surface area contributed by atoms with Gasteiger partial charge in [-0.2, -0.15) is 0 Å². The fourth-order valence-corrected chi connectivity index (χ4v) is 1.56. The van der Waals surface area contributed by atoms with Crippen LogP contribution < -0.4 is 10.1 Å². The van der Waals surface area contributed by atoms with E-state index in [0.29, 0.717) is 6.54 Å². The van der Waals surface area contributed by atoms with Gasteiger partial charge in [0.15, 0.2) is 0 Å². The highest BCUT2D eigenvalue weighted by molar-refractivity contribution is 5.29. The van der Waals surface area contributed by atoms with Crippen LogP contribution in [0.25, 0.3) is 0 Å². The van der Waals surface area contributed by atoms with Gasteiger partial charge in [0.2, 0.25) is 0 Å². The summed E-state index contributed by atoms with van der Waals surface area (Å²) in [6, 6.07) is 5.73. The predicted molar refractivity (Wildman–Crippen MR) is 70.4 cm³/mol. The molecule has 114 valence electrons. The van der Waals surface area contributed by atoms with E-state index in [0.717, 1.165) is 5.56 Å². The molecule has 0 aliphatic carbocycles. The van der Waals surface area contributed by atoms with E-state index in [1.807, 2.05) is 20.8 Å². The fourth-order valence-electron chi connectivity index (χ4n) is 1.56. The molecule has 1 atom stereocenters. The second-order valence-electron chi connectivity index (χ2n) is 5.54. The van der Waals surface area contributed by atoms with Crippen molar-refractivity contribution in [2.75, 3.05) is 13.2 Å². The maximum Gasteiger partial charge on any atom is 0.573 e. The third-order valence-electron chi connectivity index (χ3n) is 2.93. The molecule has 2 N–H and O–H groups in total. The van der Waals surface area contributed by atoms with Gasteiger partial charge in [-0.3, -0.25) is 0 Å². The zero-order chi connectivity index (χ0) is 15.4. The number of aliphatic hydroxyl groups excluding tert-OH is 1. The molecule has 0 aliphatic heterocycles. The van der Waals surface area contributed by atoms with E-state index in [4.69, 9.17) is 5.11 Å². The lowest BCUT2D eigenvalue weighted by molar-refractivity contribution is -0.274. The molecule has 6 heteroatoms. The van der Waals surface area contributed by atoms with E-state index < -0.39 is 6.36 Å². The summed E-state index contributed by atoms with van der Waals surface area (Å²) in [7, 11) is 0. The first-order valence-electron chi connectivity index (χ1n) is 6.33. The molecule has 0 amide bonds. The second kappa shape index (κ2) is 6.45. The maximum absolute atomic E-state index is 12.0. The molecule has 0 saturated carbocycles. The van der Waals surface area contributed by atoms with Gasteiger partial charge in [-0.15, -0.1) is 13.2 Å². The van der Waals surface area contributed by atoms with E-state index in [-0.39, 0.29) is 23.8 Å². The SMILES string of the molecule is CC(NCC(C)(C)CO)c1ccc(OC(F)(F)F)cc1. The van der Waals surface area contributed by atoms with Crippen molar-refractivity contribution in [1.29, 1.82) is 0 Å². The summed E-state index contributed by atoms with van der Waals surface area (Å²) in [5.74, 6) is -0.232. The highest BCUT2D eigenvalue weighted by atomic mass is 19.4. The number of nitrogens with one attached hydrogen (secondary N) is 1. The summed E-state index contributed by atoms with van der Waals surface area (Å²) in [5.41, 5.74) is 0.612. The largest absolute Gasteiger partial charge is 0.573 e. The van der Waals surface area contributed by atoms with Gasteiger partial charge in [-0.25, -0.2) is 0 Å². The van der Waals surface area contributed by atoms with Gasteiger partial charge in [0.25, 0.3) is 0 Å². The van der Waals surface area contributed by atoms with Crippen LogP contribution in [-0.4, -0.2) is 24.6 Å². The van der Waals surface area contributed by atoms with E-state index in [1.54, 1.807) is 12.1 Å². The highest BCUT2D eigenvalue weighted by Gasteiger charge is 2.31. The Hall–Kier alpha value is -1.27. The number of rotatable bonds is 6. The van der Waals surface area contributed by atoms with Crippen LogP contribution in [-0.2, 0) is 0 Å². The molecule has 0 radical (unpaired) electrons. The lowest BCUT2D eigenvalue weighted by Gasteiger charge is -2.25. The normalized spacial score (nSPS) is 14.2. The van der Waals surface area contributed by atoms with Gasteiger partial charge in [-0.1, -0.05) is 26.0 Å². The van der Waals surface area contributed by atoms with Crippen molar-refractivity contribution in [2.45, 2.75) is 33.2 Å². The monoisotopic (exact) mass is 291 g/mol. The number of hydrogen-bond acceptors (Lipinski definition) is 3. The quantitative estimate of drug-likeness (QED) is 0.845. The third-order valence-corrected chi connectivity index (χ3v) is 2.93. The minimum atomic E-state index is -4.67. The molecule has 1 aromatic rings. The lowest BCUT2D eigenvalue weighted by Crippen LogP contribution is -2.33. The zero-order valence-electron chi connectivity index (χ0n) is 11.8. The van der Waals surface area contributed by atoms with E-state index in [2.05, 4.69) is 10.1 Å². The predicted octanol–water partition coefficient (Wildman–Crippen LogP) is 3.25. The summed E-state index contributed by atoms with van der Waals surface area (Å²) in [6.07, 6.45) is -4.67. The van der Waals surface area contributed by atoms with Crippen LogP contribution in [0.1, 0.15) is 32.4 Å². The van der Waals surface area contributed by atoms with E-state index in [9.17, 15) is 13.2 Å². The Morgan fingerprint density at radius 1 is 1.20 bits per heavy atom. The van der Waals surface area contributed by atoms with Gasteiger partial charge in [0.05, 0.1) is 0 Å². The average molecular weight is 291 g/mol. The summed E-state index contributed by atoms with van der Waals surface area (Å²) in [6.45, 7) is 6.42. The Morgan fingerprint density at radius 3 is 2.20 bits per heavy atom. The number of aliphatic hydroxyl groups is 1. The minimum absolute atomic E-state index is 0.0271. The van der Waals surface area contributed by atoms with Gasteiger partial charge in [-0.05, 0) is 24.6 Å². The number of benzene rings is 1. The molecule has 3 nitrogen and oxygen atoms in total. The topological polar surface area (TPSA) is 41.5 Å². The molecular formula is C14H20F3NO2. The summed E-state index contributed by atoms with van der Waals surface area (Å²) >= 11 is 0. The molecule has 1 aromatic carbocycles. The highest BCUT2D eigenvalue weighted by Crippen LogP contribution is 2.24. The van der Waals surface area contributed by atoms with Crippen molar-refractivity contribution < 1.29 is 23.0 Å². The fraction of sp³-hybridized carbons (Fsp3) is 0.571. The molecule has 0 spiro atoms. The molecule has 0 heterocycles. The number of hydrogen-bond donors (Lipinski definition) is 2. The maximum atomic E-state index is 12.0. The second-order valence-corrected chi connectivity index (χ2v) is 5.54. The number of ether oxygens (including phenoxy) is 1. The van der Waals surface area contributed by atoms with Gasteiger partial charge >= 0.3 is 6.36 Å². The molecule has 0 aliphatic rings. The number of halogens is 3. The van der Waals surface area contributed by atoms with E-state index >= 15 is 0 Å². The average Bonchev–Trinajstić information content (AvgIpc) is 2.35. The van der Waals surface area contributed by atoms with Gasteiger partial charge in [0, 0.05) is 24.6 Å². The number of alkyl halides is 3. The van der Waals surface area contributed by atoms with Crippen LogP contribution in [0.3, 0.4) is 0 Å². The van der Waals surface area contributed by atoms with Crippen LogP contribution in [0.2, 0.25) is 0 Å². The summed E-state index contributed by atoms with van der Waals surface area (Å²) in [5, 5.41) is 12.4. The van der Waals surface area contributed by atoms with Crippen LogP contribution >= 0.6 is 0 Å². The van der Waals surface area contributed by atoms with Crippen molar-refractivity contribution >= 4 is 0 Å². The first kappa shape index (κ1) is 16.8. The van der Waals surface area contributed by atoms with Crippen LogP contribution in [0.4, 0.5) is 13.2 Å². The van der Waals surface area contributed by atoms with Crippen molar-refractivity contribution in [3.8, 4) is 5.75 Å². The van der Waals surface area contributed by atoms with Crippen molar-refractivity contribution in [2.24, 2.45) is 5.41 Å². The molecule has 20 heavy (non-hydrogen) atoms. The Bertz CT molecular complexity index is 415. The van der Waals surface area contributed by atoms with Crippen LogP contribution in [0, 0.1) is 5.41 Å². The molecule has 1 unspecified atom stereocenters. The smallest absolute Gasteiger partial charge is 0.406 e. The van der Waals surface area contributed by atoms with E-state index in [1.165, 1.54) is 12.1 Å². The van der Waals surface area contributed by atoms with Gasteiger partial charge in [0.1, 0.15) is 5.75 Å². The van der Waals surface area contributed by atoms with Crippen molar-refractivity contribution in [3.63, 3.8) is 0 Å². The Balaban J connectivity index is 2.60. The Labute approximate surface area is 116 Å². The third kappa shape index (κ3) is 5.79. The first-order chi connectivity index (χ1) is 9.13. The molecule has 0 saturated heterocycles. The minimum Gasteiger partial charge on any atom is -0.406 e. The summed E-state index contributed by atoms with van der Waals surface area (Å²) < 4.78 is 39.9. The summed E-state index contributed by atoms with van der Waals surface area (Å²) in [4.78, 5) is 0. The Morgan fingerprint density at radius 2 is 1.75 bits per heavy atom. The Kier molecular flexibility index (Phi) is 5.42. The molecule has 1 rings (SSSR count).